The fourth-order valence-corrected chi connectivity index (χ4v) is 2.17. The summed E-state index contributed by atoms with van der Waals surface area (Å²) in [5.74, 6) is 3.23. The Bertz CT molecular complexity index is 832. The van der Waals surface area contributed by atoms with Gasteiger partial charge in [0.15, 0.2) is 0 Å². The quantitative estimate of drug-likeness (QED) is 0.745. The van der Waals surface area contributed by atoms with E-state index in [0.29, 0.717) is 23.8 Å². The largest absolute Gasteiger partial charge is 0.337 e. The Morgan fingerprint density at radius 3 is 2.95 bits per heavy atom. The third kappa shape index (κ3) is 2.49. The number of para-hydroxylation sites is 1. The van der Waals surface area contributed by atoms with Crippen LogP contribution in [0.25, 0.3) is 22.4 Å². The summed E-state index contributed by atoms with van der Waals surface area (Å²) in [4.78, 5) is 8.84. The van der Waals surface area contributed by atoms with Crippen LogP contribution < -0.4 is 5.73 Å². The Balaban J connectivity index is 2.03. The highest BCUT2D eigenvalue weighted by atomic mass is 16.5. The van der Waals surface area contributed by atoms with Gasteiger partial charge in [-0.25, -0.2) is 4.98 Å². The molecule has 104 valence electrons. The standard InChI is InChI=1S/C16H14N4O/c1-3-6-12(17)16-19-15(20-21-16)14-9-10(2)11-7-4-5-8-13(11)18-14/h1,4-5,7-9,12H,6,17H2,2H3. The van der Waals surface area contributed by atoms with Crippen molar-refractivity contribution in [3.63, 3.8) is 0 Å². The van der Waals surface area contributed by atoms with Crippen LogP contribution in [0.2, 0.25) is 0 Å². The van der Waals surface area contributed by atoms with Crippen molar-refractivity contribution < 1.29 is 4.52 Å². The van der Waals surface area contributed by atoms with Crippen LogP contribution in [-0.4, -0.2) is 15.1 Å². The van der Waals surface area contributed by atoms with E-state index < -0.39 is 6.04 Å². The Labute approximate surface area is 122 Å². The fraction of sp³-hybridized carbons (Fsp3) is 0.188. The van der Waals surface area contributed by atoms with Gasteiger partial charge in [0.25, 0.3) is 0 Å². The molecule has 0 saturated heterocycles. The first-order valence-electron chi connectivity index (χ1n) is 6.58. The van der Waals surface area contributed by atoms with Gasteiger partial charge in [0, 0.05) is 11.8 Å². The van der Waals surface area contributed by atoms with Gasteiger partial charge in [-0.3, -0.25) is 0 Å². The monoisotopic (exact) mass is 278 g/mol. The van der Waals surface area contributed by atoms with E-state index in [4.69, 9.17) is 16.7 Å². The zero-order chi connectivity index (χ0) is 14.8. The van der Waals surface area contributed by atoms with Crippen molar-refractivity contribution in [2.75, 3.05) is 0 Å². The molecule has 3 rings (SSSR count). The van der Waals surface area contributed by atoms with Crippen molar-refractivity contribution in [2.24, 2.45) is 5.73 Å². The number of aromatic nitrogens is 3. The lowest BCUT2D eigenvalue weighted by molar-refractivity contribution is 0.356. The van der Waals surface area contributed by atoms with Crippen molar-refractivity contribution >= 4 is 10.9 Å². The van der Waals surface area contributed by atoms with Crippen LogP contribution in [0.15, 0.2) is 34.9 Å². The molecule has 5 nitrogen and oxygen atoms in total. The number of benzene rings is 1. The molecule has 0 aliphatic rings. The zero-order valence-electron chi connectivity index (χ0n) is 11.6. The van der Waals surface area contributed by atoms with Crippen molar-refractivity contribution in [1.82, 2.24) is 15.1 Å². The second-order valence-corrected chi connectivity index (χ2v) is 4.81. The number of rotatable bonds is 3. The topological polar surface area (TPSA) is 77.8 Å². The molecule has 1 unspecified atom stereocenters. The molecule has 21 heavy (non-hydrogen) atoms. The number of hydrogen-bond acceptors (Lipinski definition) is 5. The summed E-state index contributed by atoms with van der Waals surface area (Å²) in [6.07, 6.45) is 5.59. The summed E-state index contributed by atoms with van der Waals surface area (Å²) in [5.41, 5.74) is 8.52. The lowest BCUT2D eigenvalue weighted by Gasteiger charge is -2.03. The predicted octanol–water partition coefficient (Wildman–Crippen LogP) is 2.62. The Kier molecular flexibility index (Phi) is 3.38. The van der Waals surface area contributed by atoms with E-state index in [-0.39, 0.29) is 0 Å². The molecule has 1 aromatic carbocycles. The Morgan fingerprint density at radius 2 is 2.14 bits per heavy atom. The highest BCUT2D eigenvalue weighted by molar-refractivity contribution is 5.84. The maximum absolute atomic E-state index is 5.86. The molecule has 5 heteroatoms. The minimum atomic E-state index is -0.446. The smallest absolute Gasteiger partial charge is 0.244 e. The highest BCUT2D eigenvalue weighted by Crippen LogP contribution is 2.23. The molecule has 0 bridgehead atoms. The van der Waals surface area contributed by atoms with Crippen LogP contribution in [0.5, 0.6) is 0 Å². The van der Waals surface area contributed by atoms with E-state index in [1.165, 1.54) is 0 Å². The van der Waals surface area contributed by atoms with Gasteiger partial charge in [0.1, 0.15) is 5.69 Å². The predicted molar refractivity (Wildman–Crippen MR) is 80.2 cm³/mol. The van der Waals surface area contributed by atoms with Gasteiger partial charge in [0.2, 0.25) is 11.7 Å². The van der Waals surface area contributed by atoms with Crippen molar-refractivity contribution in [1.29, 1.82) is 0 Å². The van der Waals surface area contributed by atoms with Gasteiger partial charge >= 0.3 is 0 Å². The first kappa shape index (κ1) is 13.3. The first-order valence-corrected chi connectivity index (χ1v) is 6.58. The van der Waals surface area contributed by atoms with E-state index in [1.54, 1.807) is 0 Å². The molecule has 0 fully saturated rings. The van der Waals surface area contributed by atoms with E-state index in [9.17, 15) is 0 Å². The van der Waals surface area contributed by atoms with Crippen LogP contribution in [0.3, 0.4) is 0 Å². The molecule has 0 radical (unpaired) electrons. The van der Waals surface area contributed by atoms with E-state index >= 15 is 0 Å². The van der Waals surface area contributed by atoms with Gasteiger partial charge in [-0.05, 0) is 24.6 Å². The minimum absolute atomic E-state index is 0.329. The average molecular weight is 278 g/mol. The second kappa shape index (κ2) is 5.35. The van der Waals surface area contributed by atoms with E-state index in [2.05, 4.69) is 21.0 Å². The van der Waals surface area contributed by atoms with Gasteiger partial charge in [-0.2, -0.15) is 4.98 Å². The van der Waals surface area contributed by atoms with Gasteiger partial charge < -0.3 is 10.3 Å². The summed E-state index contributed by atoms with van der Waals surface area (Å²) in [6, 6.07) is 9.41. The molecule has 2 N–H and O–H groups in total. The summed E-state index contributed by atoms with van der Waals surface area (Å²) >= 11 is 0. The van der Waals surface area contributed by atoms with Gasteiger partial charge in [-0.15, -0.1) is 12.3 Å². The van der Waals surface area contributed by atoms with E-state index in [1.807, 2.05) is 37.3 Å². The number of terminal acetylenes is 1. The summed E-state index contributed by atoms with van der Waals surface area (Å²) < 4.78 is 5.16. The molecule has 2 heterocycles. The van der Waals surface area contributed by atoms with Crippen molar-refractivity contribution in [2.45, 2.75) is 19.4 Å². The number of pyridine rings is 1. The molecule has 2 aromatic heterocycles. The van der Waals surface area contributed by atoms with Crippen LogP contribution >= 0.6 is 0 Å². The van der Waals surface area contributed by atoms with E-state index in [0.717, 1.165) is 16.5 Å². The number of nitrogens with zero attached hydrogens (tertiary/aromatic N) is 3. The molecule has 1 atom stereocenters. The van der Waals surface area contributed by atoms with Crippen molar-refractivity contribution in [3.05, 3.63) is 41.8 Å². The van der Waals surface area contributed by atoms with Crippen LogP contribution in [0.4, 0.5) is 0 Å². The van der Waals surface area contributed by atoms with Gasteiger partial charge in [-0.1, -0.05) is 23.4 Å². The fourth-order valence-electron chi connectivity index (χ4n) is 2.17. The maximum Gasteiger partial charge on any atom is 0.244 e. The Hall–Kier alpha value is -2.71. The SMILES string of the molecule is C#CCC(N)c1nc(-c2cc(C)c3ccccc3n2)no1. The third-order valence-corrected chi connectivity index (χ3v) is 3.25. The summed E-state index contributed by atoms with van der Waals surface area (Å²) in [5, 5.41) is 5.05. The second-order valence-electron chi connectivity index (χ2n) is 4.81. The van der Waals surface area contributed by atoms with Crippen LogP contribution in [-0.2, 0) is 0 Å². The summed E-state index contributed by atoms with van der Waals surface area (Å²) in [7, 11) is 0. The van der Waals surface area contributed by atoms with Crippen LogP contribution in [0.1, 0.15) is 23.9 Å². The lowest BCUT2D eigenvalue weighted by Crippen LogP contribution is -2.09. The number of fused-ring (bicyclic) bond motifs is 1. The van der Waals surface area contributed by atoms with Crippen molar-refractivity contribution in [3.8, 4) is 23.9 Å². The van der Waals surface area contributed by atoms with Crippen LogP contribution in [0, 0.1) is 19.3 Å². The molecular weight excluding hydrogens is 264 g/mol. The highest BCUT2D eigenvalue weighted by Gasteiger charge is 2.16. The molecule has 3 aromatic rings. The minimum Gasteiger partial charge on any atom is -0.337 e. The summed E-state index contributed by atoms with van der Waals surface area (Å²) in [6.45, 7) is 2.03. The normalized spacial score (nSPS) is 12.2. The number of hydrogen-bond donors (Lipinski definition) is 1. The molecule has 0 amide bonds. The van der Waals surface area contributed by atoms with Gasteiger partial charge in [0.05, 0.1) is 11.6 Å². The lowest BCUT2D eigenvalue weighted by atomic mass is 10.1. The number of aryl methyl sites for hydroxylation is 1. The molecular formula is C16H14N4O. The number of nitrogens with two attached hydrogens (primary N) is 1. The first-order chi connectivity index (χ1) is 10.2. The average Bonchev–Trinajstić information content (AvgIpc) is 2.97. The Morgan fingerprint density at radius 1 is 1.33 bits per heavy atom. The zero-order valence-corrected chi connectivity index (χ0v) is 11.6. The molecule has 0 aliphatic heterocycles. The molecule has 0 spiro atoms. The molecule has 0 saturated carbocycles. The molecule has 0 aliphatic carbocycles. The third-order valence-electron chi connectivity index (χ3n) is 3.25. The maximum atomic E-state index is 5.86.